The number of methoxy groups -OCH3 is 1. The van der Waals surface area contributed by atoms with E-state index in [4.69, 9.17) is 4.74 Å². The Morgan fingerprint density at radius 3 is 2.89 bits per heavy atom. The van der Waals surface area contributed by atoms with Gasteiger partial charge in [0, 0.05) is 0 Å². The van der Waals surface area contributed by atoms with E-state index in [1.807, 2.05) is 0 Å². The van der Waals surface area contributed by atoms with Crippen molar-refractivity contribution < 1.29 is 14.2 Å². The smallest absolute Gasteiger partial charge is 0.123 e. The zero-order valence-electron chi connectivity index (χ0n) is 10.9. The summed E-state index contributed by atoms with van der Waals surface area (Å²) in [5.41, 5.74) is 0.855. The Hall–Kier alpha value is -1.35. The largest absolute Gasteiger partial charge is 0.496 e. The molecule has 3 heteroatoms. The first-order chi connectivity index (χ1) is 8.67. The number of aliphatic hydroxyl groups is 1. The molecule has 0 saturated heterocycles. The lowest BCUT2D eigenvalue weighted by Gasteiger charge is -2.11. The first-order valence-electron chi connectivity index (χ1n) is 6.28. The molecule has 0 fully saturated rings. The Morgan fingerprint density at radius 1 is 1.44 bits per heavy atom. The standard InChI is InChI=1S/C15H21FO2/c1-3-4-7-14(17)8-5-6-12-11-13(16)9-10-15(12)18-2/h3,9-11,14,17H,1,4-8H2,2H3/t14-/m0/s1. The molecule has 1 rings (SSSR count). The van der Waals surface area contributed by atoms with Gasteiger partial charge >= 0.3 is 0 Å². The molecule has 18 heavy (non-hydrogen) atoms. The number of aliphatic hydroxyl groups excluding tert-OH is 1. The predicted molar refractivity (Wildman–Crippen MR) is 71.3 cm³/mol. The fourth-order valence-corrected chi connectivity index (χ4v) is 1.93. The average molecular weight is 252 g/mol. The van der Waals surface area contributed by atoms with Crippen molar-refractivity contribution in [3.05, 3.63) is 42.2 Å². The minimum atomic E-state index is -0.303. The monoisotopic (exact) mass is 252 g/mol. The highest BCUT2D eigenvalue weighted by atomic mass is 19.1. The van der Waals surface area contributed by atoms with Crippen LogP contribution in [0, 0.1) is 5.82 Å². The van der Waals surface area contributed by atoms with Crippen molar-refractivity contribution in [2.45, 2.75) is 38.2 Å². The second-order valence-electron chi connectivity index (χ2n) is 4.37. The molecule has 0 heterocycles. The second kappa shape index (κ2) is 7.88. The second-order valence-corrected chi connectivity index (χ2v) is 4.37. The van der Waals surface area contributed by atoms with Gasteiger partial charge in [0.05, 0.1) is 13.2 Å². The van der Waals surface area contributed by atoms with Gasteiger partial charge in [0.2, 0.25) is 0 Å². The third-order valence-electron chi connectivity index (χ3n) is 2.93. The number of benzene rings is 1. The van der Waals surface area contributed by atoms with Crippen LogP contribution in [0.25, 0.3) is 0 Å². The van der Waals surface area contributed by atoms with Crippen molar-refractivity contribution in [2.75, 3.05) is 7.11 Å². The Labute approximate surface area is 108 Å². The van der Waals surface area contributed by atoms with Crippen LogP contribution in [0.3, 0.4) is 0 Å². The minimum Gasteiger partial charge on any atom is -0.496 e. The minimum absolute atomic E-state index is 0.252. The topological polar surface area (TPSA) is 29.5 Å². The molecule has 0 bridgehead atoms. The lowest BCUT2D eigenvalue weighted by Crippen LogP contribution is -2.06. The maximum absolute atomic E-state index is 13.1. The highest BCUT2D eigenvalue weighted by Crippen LogP contribution is 2.21. The van der Waals surface area contributed by atoms with Gasteiger partial charge in [-0.2, -0.15) is 0 Å². The molecule has 1 aromatic carbocycles. The summed E-state index contributed by atoms with van der Waals surface area (Å²) in [7, 11) is 1.58. The van der Waals surface area contributed by atoms with Crippen LogP contribution in [0.1, 0.15) is 31.2 Å². The fraction of sp³-hybridized carbons (Fsp3) is 0.467. The van der Waals surface area contributed by atoms with Crippen LogP contribution < -0.4 is 4.74 Å². The summed E-state index contributed by atoms with van der Waals surface area (Å²) in [4.78, 5) is 0. The van der Waals surface area contributed by atoms with Crippen LogP contribution in [0.4, 0.5) is 4.39 Å². The van der Waals surface area contributed by atoms with Crippen molar-refractivity contribution in [1.82, 2.24) is 0 Å². The van der Waals surface area contributed by atoms with Crippen LogP contribution in [0.15, 0.2) is 30.9 Å². The molecule has 100 valence electrons. The summed E-state index contributed by atoms with van der Waals surface area (Å²) < 4.78 is 18.3. The molecule has 0 aliphatic carbocycles. The molecule has 0 aliphatic rings. The molecule has 2 nitrogen and oxygen atoms in total. The number of hydrogen-bond acceptors (Lipinski definition) is 2. The molecular formula is C15H21FO2. The van der Waals surface area contributed by atoms with E-state index in [1.165, 1.54) is 12.1 Å². The van der Waals surface area contributed by atoms with Crippen molar-refractivity contribution in [1.29, 1.82) is 0 Å². The summed E-state index contributed by atoms with van der Waals surface area (Å²) >= 11 is 0. The van der Waals surface area contributed by atoms with Crippen LogP contribution in [0.2, 0.25) is 0 Å². The molecule has 1 atom stereocenters. The Morgan fingerprint density at radius 2 is 2.22 bits per heavy atom. The fourth-order valence-electron chi connectivity index (χ4n) is 1.93. The van der Waals surface area contributed by atoms with E-state index < -0.39 is 0 Å². The van der Waals surface area contributed by atoms with Gasteiger partial charge in [-0.1, -0.05) is 6.08 Å². The first-order valence-corrected chi connectivity index (χ1v) is 6.28. The molecule has 0 unspecified atom stereocenters. The number of ether oxygens (including phenoxy) is 1. The van der Waals surface area contributed by atoms with Gasteiger partial charge in [0.25, 0.3) is 0 Å². The highest BCUT2D eigenvalue weighted by molar-refractivity contribution is 5.33. The third kappa shape index (κ3) is 4.88. The van der Waals surface area contributed by atoms with Crippen LogP contribution >= 0.6 is 0 Å². The lowest BCUT2D eigenvalue weighted by atomic mass is 10.0. The van der Waals surface area contributed by atoms with Crippen LogP contribution in [-0.2, 0) is 6.42 Å². The molecule has 0 radical (unpaired) electrons. The first kappa shape index (κ1) is 14.7. The van der Waals surface area contributed by atoms with Crippen molar-refractivity contribution in [3.8, 4) is 5.75 Å². The van der Waals surface area contributed by atoms with E-state index in [1.54, 1.807) is 19.3 Å². The summed E-state index contributed by atoms with van der Waals surface area (Å²) in [6, 6.07) is 4.52. The van der Waals surface area contributed by atoms with E-state index in [0.29, 0.717) is 18.6 Å². The summed E-state index contributed by atoms with van der Waals surface area (Å²) in [5, 5.41) is 9.69. The van der Waals surface area contributed by atoms with Crippen molar-refractivity contribution in [2.24, 2.45) is 0 Å². The maximum atomic E-state index is 13.1. The van der Waals surface area contributed by atoms with E-state index in [-0.39, 0.29) is 11.9 Å². The van der Waals surface area contributed by atoms with Gasteiger partial charge in [0.1, 0.15) is 11.6 Å². The number of rotatable bonds is 8. The van der Waals surface area contributed by atoms with Crippen molar-refractivity contribution >= 4 is 0 Å². The molecule has 0 spiro atoms. The van der Waals surface area contributed by atoms with Crippen LogP contribution in [-0.4, -0.2) is 18.3 Å². The quantitative estimate of drug-likeness (QED) is 0.718. The summed E-state index contributed by atoms with van der Waals surface area (Å²) in [6.45, 7) is 3.62. The SMILES string of the molecule is C=CCC[C@H](O)CCCc1cc(F)ccc1OC. The molecule has 0 saturated carbocycles. The average Bonchev–Trinajstić information content (AvgIpc) is 2.36. The van der Waals surface area contributed by atoms with E-state index >= 15 is 0 Å². The van der Waals surface area contributed by atoms with Gasteiger partial charge in [-0.3, -0.25) is 0 Å². The van der Waals surface area contributed by atoms with Crippen molar-refractivity contribution in [3.63, 3.8) is 0 Å². The highest BCUT2D eigenvalue weighted by Gasteiger charge is 2.07. The zero-order valence-corrected chi connectivity index (χ0v) is 10.9. The number of halogens is 1. The summed E-state index contributed by atoms with van der Waals surface area (Å²) in [5.74, 6) is 0.454. The van der Waals surface area contributed by atoms with E-state index in [2.05, 4.69) is 6.58 Å². The predicted octanol–water partition coefficient (Wildman–Crippen LogP) is 3.48. The third-order valence-corrected chi connectivity index (χ3v) is 2.93. The summed E-state index contributed by atoms with van der Waals surface area (Å²) in [6.07, 6.45) is 5.31. The molecular weight excluding hydrogens is 231 g/mol. The molecule has 0 amide bonds. The number of aryl methyl sites for hydroxylation is 1. The number of allylic oxidation sites excluding steroid dienone is 1. The van der Waals surface area contributed by atoms with E-state index in [0.717, 1.165) is 24.8 Å². The number of hydrogen-bond donors (Lipinski definition) is 1. The van der Waals surface area contributed by atoms with Gasteiger partial charge in [-0.05, 0) is 55.9 Å². The lowest BCUT2D eigenvalue weighted by molar-refractivity contribution is 0.153. The molecule has 1 aromatic rings. The van der Waals surface area contributed by atoms with Gasteiger partial charge < -0.3 is 9.84 Å². The van der Waals surface area contributed by atoms with Gasteiger partial charge in [-0.25, -0.2) is 4.39 Å². The molecule has 0 aliphatic heterocycles. The zero-order chi connectivity index (χ0) is 13.4. The maximum Gasteiger partial charge on any atom is 0.123 e. The normalized spacial score (nSPS) is 12.2. The Balaban J connectivity index is 2.43. The van der Waals surface area contributed by atoms with Gasteiger partial charge in [0.15, 0.2) is 0 Å². The van der Waals surface area contributed by atoms with Gasteiger partial charge in [-0.15, -0.1) is 6.58 Å². The molecule has 0 aromatic heterocycles. The van der Waals surface area contributed by atoms with Crippen LogP contribution in [0.5, 0.6) is 5.75 Å². The van der Waals surface area contributed by atoms with E-state index in [9.17, 15) is 9.50 Å². The molecule has 1 N–H and O–H groups in total. The Bertz CT molecular complexity index is 377. The Kier molecular flexibility index (Phi) is 6.44.